The maximum atomic E-state index is 11.2. The van der Waals surface area contributed by atoms with Gasteiger partial charge in [0.2, 0.25) is 0 Å². The zero-order valence-corrected chi connectivity index (χ0v) is 20.7. The lowest BCUT2D eigenvalue weighted by atomic mass is 9.42. The summed E-state index contributed by atoms with van der Waals surface area (Å²) < 4.78 is 11.5. The molecule has 196 valence electrons. The van der Waals surface area contributed by atoms with E-state index >= 15 is 0 Å². The summed E-state index contributed by atoms with van der Waals surface area (Å²) in [5, 5.41) is 62.2. The van der Waals surface area contributed by atoms with E-state index in [1.165, 1.54) is 0 Å². The minimum absolute atomic E-state index is 0.00985. The van der Waals surface area contributed by atoms with E-state index in [0.717, 1.165) is 32.1 Å². The van der Waals surface area contributed by atoms with Gasteiger partial charge in [0.15, 0.2) is 6.29 Å². The van der Waals surface area contributed by atoms with Gasteiger partial charge in [-0.25, -0.2) is 0 Å². The molecule has 6 N–H and O–H groups in total. The molecule has 4 rings (SSSR count). The van der Waals surface area contributed by atoms with Crippen LogP contribution in [0.2, 0.25) is 0 Å². The summed E-state index contributed by atoms with van der Waals surface area (Å²) in [7, 11) is 0. The zero-order chi connectivity index (χ0) is 25.1. The SMILES string of the molecule is C=C[C@@]1(C)CCC2C(CCC3[C@]2(C)C[C@@H](O)[C@H](O)[C@]3(C)CO[C@@H]2O[C@H](CO)[C@@H](O)[C@@H](O)[C@@H]2O)C1. The third-order valence-electron chi connectivity index (χ3n) is 10.2. The van der Waals surface area contributed by atoms with E-state index in [1.807, 2.05) is 6.92 Å². The van der Waals surface area contributed by atoms with Crippen LogP contribution in [0.5, 0.6) is 0 Å². The summed E-state index contributed by atoms with van der Waals surface area (Å²) in [5.74, 6) is 1.08. The average molecular weight is 485 g/mol. The topological polar surface area (TPSA) is 140 Å². The van der Waals surface area contributed by atoms with E-state index in [2.05, 4.69) is 26.5 Å². The largest absolute Gasteiger partial charge is 0.394 e. The van der Waals surface area contributed by atoms with Gasteiger partial charge in [-0.2, -0.15) is 0 Å². The van der Waals surface area contributed by atoms with Crippen molar-refractivity contribution in [2.24, 2.45) is 34.0 Å². The van der Waals surface area contributed by atoms with E-state index in [4.69, 9.17) is 9.47 Å². The van der Waals surface area contributed by atoms with Crippen LogP contribution in [0, 0.1) is 34.0 Å². The molecule has 3 unspecified atom stereocenters. The molecule has 0 spiro atoms. The molecule has 1 aliphatic heterocycles. The third-order valence-corrected chi connectivity index (χ3v) is 10.2. The molecular formula is C26H44O8. The Morgan fingerprint density at radius 1 is 0.971 bits per heavy atom. The Morgan fingerprint density at radius 2 is 1.68 bits per heavy atom. The van der Waals surface area contributed by atoms with Gasteiger partial charge in [0, 0.05) is 5.41 Å². The molecule has 8 heteroatoms. The van der Waals surface area contributed by atoms with Crippen LogP contribution in [-0.2, 0) is 9.47 Å². The van der Waals surface area contributed by atoms with Gasteiger partial charge in [0.1, 0.15) is 24.4 Å². The van der Waals surface area contributed by atoms with Crippen LogP contribution >= 0.6 is 0 Å². The smallest absolute Gasteiger partial charge is 0.186 e. The Kier molecular flexibility index (Phi) is 7.30. The second-order valence-corrected chi connectivity index (χ2v) is 12.3. The summed E-state index contributed by atoms with van der Waals surface area (Å²) in [6, 6.07) is 0. The number of ether oxygens (including phenoxy) is 2. The molecule has 0 aromatic rings. The maximum absolute atomic E-state index is 11.2. The molecule has 0 amide bonds. The van der Waals surface area contributed by atoms with E-state index in [9.17, 15) is 30.6 Å². The van der Waals surface area contributed by atoms with Crippen molar-refractivity contribution in [1.29, 1.82) is 0 Å². The van der Waals surface area contributed by atoms with Crippen molar-refractivity contribution >= 4 is 0 Å². The Morgan fingerprint density at radius 3 is 2.32 bits per heavy atom. The summed E-state index contributed by atoms with van der Waals surface area (Å²) in [6.07, 6.45) is -0.870. The molecule has 1 heterocycles. The number of hydrogen-bond acceptors (Lipinski definition) is 8. The Bertz CT molecular complexity index is 746. The number of aliphatic hydroxyl groups is 6. The van der Waals surface area contributed by atoms with Crippen LogP contribution in [0.1, 0.15) is 59.3 Å². The van der Waals surface area contributed by atoms with Crippen LogP contribution < -0.4 is 0 Å². The first-order valence-electron chi connectivity index (χ1n) is 12.8. The Balaban J connectivity index is 1.55. The lowest BCUT2D eigenvalue weighted by Gasteiger charge is -2.64. The molecule has 0 radical (unpaired) electrons. The lowest BCUT2D eigenvalue weighted by Crippen LogP contribution is -2.65. The molecule has 3 aliphatic carbocycles. The van der Waals surface area contributed by atoms with Crippen molar-refractivity contribution < 1.29 is 40.1 Å². The molecule has 8 nitrogen and oxygen atoms in total. The van der Waals surface area contributed by atoms with E-state index in [-0.39, 0.29) is 23.4 Å². The van der Waals surface area contributed by atoms with Crippen molar-refractivity contribution in [3.05, 3.63) is 12.7 Å². The van der Waals surface area contributed by atoms with Gasteiger partial charge < -0.3 is 40.1 Å². The molecule has 1 saturated heterocycles. The fourth-order valence-corrected chi connectivity index (χ4v) is 8.13. The fourth-order valence-electron chi connectivity index (χ4n) is 8.13. The molecule has 4 fully saturated rings. The van der Waals surface area contributed by atoms with Crippen molar-refractivity contribution in [2.45, 2.75) is 102 Å². The summed E-state index contributed by atoms with van der Waals surface area (Å²) in [6.45, 7) is 10.0. The third kappa shape index (κ3) is 4.18. The van der Waals surface area contributed by atoms with E-state index in [0.29, 0.717) is 18.3 Å². The Hall–Kier alpha value is -0.580. The minimum Gasteiger partial charge on any atom is -0.394 e. The monoisotopic (exact) mass is 484 g/mol. The number of aliphatic hydroxyl groups excluding tert-OH is 6. The predicted molar refractivity (Wildman–Crippen MR) is 124 cm³/mol. The predicted octanol–water partition coefficient (Wildman–Crippen LogP) is 0.960. The van der Waals surface area contributed by atoms with Crippen LogP contribution in [0.15, 0.2) is 12.7 Å². The van der Waals surface area contributed by atoms with Crippen LogP contribution in [0.4, 0.5) is 0 Å². The highest BCUT2D eigenvalue weighted by atomic mass is 16.7. The molecule has 0 aromatic carbocycles. The molecule has 34 heavy (non-hydrogen) atoms. The van der Waals surface area contributed by atoms with Crippen molar-refractivity contribution in [3.63, 3.8) is 0 Å². The van der Waals surface area contributed by atoms with Gasteiger partial charge in [-0.15, -0.1) is 6.58 Å². The van der Waals surface area contributed by atoms with Gasteiger partial charge in [-0.1, -0.05) is 26.8 Å². The van der Waals surface area contributed by atoms with E-state index in [1.54, 1.807) is 0 Å². The van der Waals surface area contributed by atoms with Crippen molar-refractivity contribution in [1.82, 2.24) is 0 Å². The first-order valence-corrected chi connectivity index (χ1v) is 12.8. The zero-order valence-electron chi connectivity index (χ0n) is 20.7. The first kappa shape index (κ1) is 26.5. The van der Waals surface area contributed by atoms with Crippen LogP contribution in [-0.4, -0.2) is 86.8 Å². The van der Waals surface area contributed by atoms with Crippen LogP contribution in [0.25, 0.3) is 0 Å². The molecule has 13 atom stereocenters. The summed E-state index contributed by atoms with van der Waals surface area (Å²) in [5.41, 5.74) is -0.820. The van der Waals surface area contributed by atoms with Crippen LogP contribution in [0.3, 0.4) is 0 Å². The average Bonchev–Trinajstić information content (AvgIpc) is 2.80. The van der Waals surface area contributed by atoms with Gasteiger partial charge in [-0.05, 0) is 67.1 Å². The number of allylic oxidation sites excluding steroid dienone is 1. The Labute approximate surface area is 202 Å². The number of rotatable bonds is 5. The second kappa shape index (κ2) is 9.38. The highest BCUT2D eigenvalue weighted by molar-refractivity contribution is 5.12. The summed E-state index contributed by atoms with van der Waals surface area (Å²) in [4.78, 5) is 0. The maximum Gasteiger partial charge on any atom is 0.186 e. The number of hydrogen-bond donors (Lipinski definition) is 6. The summed E-state index contributed by atoms with van der Waals surface area (Å²) >= 11 is 0. The molecule has 0 bridgehead atoms. The van der Waals surface area contributed by atoms with Gasteiger partial charge >= 0.3 is 0 Å². The minimum atomic E-state index is -1.52. The first-order chi connectivity index (χ1) is 15.9. The normalized spacial score (nSPS) is 55.8. The van der Waals surface area contributed by atoms with Gasteiger partial charge in [0.05, 0.1) is 25.4 Å². The van der Waals surface area contributed by atoms with Gasteiger partial charge in [-0.3, -0.25) is 0 Å². The van der Waals surface area contributed by atoms with Crippen molar-refractivity contribution in [3.8, 4) is 0 Å². The van der Waals surface area contributed by atoms with Crippen molar-refractivity contribution in [2.75, 3.05) is 13.2 Å². The molecule has 3 saturated carbocycles. The molecule has 0 aromatic heterocycles. The quantitative estimate of drug-likeness (QED) is 0.317. The van der Waals surface area contributed by atoms with Gasteiger partial charge in [0.25, 0.3) is 0 Å². The van der Waals surface area contributed by atoms with E-state index < -0.39 is 54.9 Å². The lowest BCUT2D eigenvalue weighted by molar-refractivity contribution is -0.317. The highest BCUT2D eigenvalue weighted by Crippen LogP contribution is 2.65. The standard InChI is InChI=1S/C26H44O8/c1-5-24(2)9-8-15-14(10-24)6-7-18-25(15,3)11-16(28)22(32)26(18,4)13-33-23-21(31)20(30)19(29)17(12-27)34-23/h5,14-23,27-32H,1,6-13H2,2-4H3/t14?,15?,16-,17-,18?,19-,20-,21+,22+,23-,24+,25-,26-/m1/s1. The number of fused-ring (bicyclic) bond motifs is 3. The molecular weight excluding hydrogens is 440 g/mol. The fraction of sp³-hybridized carbons (Fsp3) is 0.923. The highest BCUT2D eigenvalue weighted by Gasteiger charge is 2.63. The second-order valence-electron chi connectivity index (χ2n) is 12.3. The molecule has 4 aliphatic rings.